The third-order valence-corrected chi connectivity index (χ3v) is 5.14. The standard InChI is InChI=1S/C22H29N3O6/c1-22(2,3)31-21(29)25-9-8-14-6-5-7-17(15(14)12-25)23-18-16(20(28)30-4)13-24(10-11-26)19(18)27/h5-7,23,26H,8-13H2,1-4H3. The molecule has 0 saturated heterocycles. The summed E-state index contributed by atoms with van der Waals surface area (Å²) in [4.78, 5) is 40.6. The van der Waals surface area contributed by atoms with Crippen LogP contribution in [-0.4, -0.2) is 71.8 Å². The molecule has 0 fully saturated rings. The average molecular weight is 431 g/mol. The number of benzene rings is 1. The van der Waals surface area contributed by atoms with Crippen LogP contribution in [0.5, 0.6) is 0 Å². The van der Waals surface area contributed by atoms with E-state index >= 15 is 0 Å². The van der Waals surface area contributed by atoms with Crippen LogP contribution in [0.15, 0.2) is 29.5 Å². The molecule has 2 aliphatic heterocycles. The lowest BCUT2D eigenvalue weighted by atomic mass is 9.98. The first-order valence-electron chi connectivity index (χ1n) is 10.2. The summed E-state index contributed by atoms with van der Waals surface area (Å²) in [5.74, 6) is -0.983. The number of nitrogens with one attached hydrogen (secondary N) is 1. The van der Waals surface area contributed by atoms with Gasteiger partial charge in [-0.15, -0.1) is 0 Å². The van der Waals surface area contributed by atoms with Crippen molar-refractivity contribution in [2.45, 2.75) is 39.3 Å². The van der Waals surface area contributed by atoms with Gasteiger partial charge in [0.1, 0.15) is 11.3 Å². The van der Waals surface area contributed by atoms with Crippen LogP contribution in [0, 0.1) is 0 Å². The van der Waals surface area contributed by atoms with Gasteiger partial charge in [0.15, 0.2) is 0 Å². The van der Waals surface area contributed by atoms with Crippen molar-refractivity contribution >= 4 is 23.7 Å². The van der Waals surface area contributed by atoms with Gasteiger partial charge in [-0.3, -0.25) is 4.79 Å². The number of aliphatic hydroxyl groups excluding tert-OH is 1. The van der Waals surface area contributed by atoms with Gasteiger partial charge < -0.3 is 29.7 Å². The van der Waals surface area contributed by atoms with Gasteiger partial charge in [0, 0.05) is 18.8 Å². The molecule has 0 aromatic heterocycles. The molecule has 2 heterocycles. The van der Waals surface area contributed by atoms with E-state index in [0.29, 0.717) is 25.2 Å². The number of fused-ring (bicyclic) bond motifs is 1. The van der Waals surface area contributed by atoms with E-state index in [2.05, 4.69) is 5.32 Å². The molecule has 3 rings (SSSR count). The Labute approximate surface area is 181 Å². The molecule has 0 atom stereocenters. The number of ether oxygens (including phenoxy) is 2. The SMILES string of the molecule is COC(=O)C1=C(Nc2cccc3c2CN(C(=O)OC(C)(C)C)CC3)C(=O)N(CCO)C1. The lowest BCUT2D eigenvalue weighted by Gasteiger charge is -2.32. The number of carbonyl (C=O) groups is 3. The van der Waals surface area contributed by atoms with Gasteiger partial charge in [0.05, 0.1) is 32.4 Å². The van der Waals surface area contributed by atoms with E-state index in [1.54, 1.807) is 11.0 Å². The number of hydrogen-bond acceptors (Lipinski definition) is 7. The zero-order chi connectivity index (χ0) is 22.8. The number of anilines is 1. The molecule has 168 valence electrons. The van der Waals surface area contributed by atoms with Crippen LogP contribution < -0.4 is 5.32 Å². The van der Waals surface area contributed by atoms with E-state index < -0.39 is 17.7 Å². The van der Waals surface area contributed by atoms with Crippen molar-refractivity contribution in [1.29, 1.82) is 0 Å². The number of aliphatic hydroxyl groups is 1. The first kappa shape index (κ1) is 22.6. The number of esters is 1. The Balaban J connectivity index is 1.89. The first-order valence-corrected chi connectivity index (χ1v) is 10.2. The van der Waals surface area contributed by atoms with Gasteiger partial charge >= 0.3 is 12.1 Å². The van der Waals surface area contributed by atoms with Gasteiger partial charge in [-0.2, -0.15) is 0 Å². The molecule has 31 heavy (non-hydrogen) atoms. The lowest BCUT2D eigenvalue weighted by Crippen LogP contribution is -2.40. The Bertz CT molecular complexity index is 918. The smallest absolute Gasteiger partial charge is 0.410 e. The van der Waals surface area contributed by atoms with Crippen LogP contribution in [0.1, 0.15) is 31.9 Å². The molecule has 9 nitrogen and oxygen atoms in total. The molecule has 0 spiro atoms. The van der Waals surface area contributed by atoms with Crippen LogP contribution in [0.25, 0.3) is 0 Å². The Kier molecular flexibility index (Phi) is 6.54. The molecular formula is C22H29N3O6. The largest absolute Gasteiger partial charge is 0.466 e. The topological polar surface area (TPSA) is 108 Å². The fourth-order valence-electron chi connectivity index (χ4n) is 3.66. The summed E-state index contributed by atoms with van der Waals surface area (Å²) in [6, 6.07) is 5.66. The maximum atomic E-state index is 12.8. The van der Waals surface area contributed by atoms with Crippen molar-refractivity contribution in [1.82, 2.24) is 9.80 Å². The summed E-state index contributed by atoms with van der Waals surface area (Å²) in [6.45, 7) is 6.28. The minimum atomic E-state index is -0.600. The summed E-state index contributed by atoms with van der Waals surface area (Å²) in [6.07, 6.45) is 0.255. The van der Waals surface area contributed by atoms with Gasteiger partial charge in [-0.05, 0) is 44.4 Å². The highest BCUT2D eigenvalue weighted by Crippen LogP contribution is 2.30. The molecule has 0 bridgehead atoms. The molecule has 0 unspecified atom stereocenters. The van der Waals surface area contributed by atoms with Gasteiger partial charge in [0.25, 0.3) is 5.91 Å². The number of amides is 2. The molecular weight excluding hydrogens is 402 g/mol. The maximum Gasteiger partial charge on any atom is 0.410 e. The predicted molar refractivity (Wildman–Crippen MR) is 113 cm³/mol. The Morgan fingerprint density at radius 1 is 1.23 bits per heavy atom. The number of methoxy groups -OCH3 is 1. The average Bonchev–Trinajstić information content (AvgIpc) is 3.02. The van der Waals surface area contributed by atoms with Gasteiger partial charge in [-0.1, -0.05) is 12.1 Å². The summed E-state index contributed by atoms with van der Waals surface area (Å²) in [7, 11) is 1.26. The van der Waals surface area contributed by atoms with Crippen LogP contribution in [0.3, 0.4) is 0 Å². The van der Waals surface area contributed by atoms with Crippen LogP contribution in [-0.2, 0) is 32.0 Å². The predicted octanol–water partition coefficient (Wildman–Crippen LogP) is 1.65. The van der Waals surface area contributed by atoms with Crippen molar-refractivity contribution in [2.24, 2.45) is 0 Å². The van der Waals surface area contributed by atoms with Gasteiger partial charge in [0.2, 0.25) is 0 Å². The Hall–Kier alpha value is -3.07. The van der Waals surface area contributed by atoms with E-state index in [1.165, 1.54) is 12.0 Å². The third kappa shape index (κ3) is 4.99. The first-order chi connectivity index (χ1) is 14.6. The van der Waals surface area contributed by atoms with E-state index in [-0.39, 0.29) is 36.9 Å². The molecule has 0 aliphatic carbocycles. The molecule has 2 N–H and O–H groups in total. The molecule has 2 amide bonds. The number of carbonyl (C=O) groups excluding carboxylic acids is 3. The van der Waals surface area contributed by atoms with Crippen LogP contribution in [0.4, 0.5) is 10.5 Å². The summed E-state index contributed by atoms with van der Waals surface area (Å²) in [5.41, 5.74) is 2.30. The number of hydrogen-bond donors (Lipinski definition) is 2. The summed E-state index contributed by atoms with van der Waals surface area (Å²) in [5, 5.41) is 12.3. The Morgan fingerprint density at radius 2 is 1.97 bits per heavy atom. The van der Waals surface area contributed by atoms with E-state index in [9.17, 15) is 19.5 Å². The van der Waals surface area contributed by atoms with Crippen LogP contribution in [0.2, 0.25) is 0 Å². The molecule has 9 heteroatoms. The molecule has 0 radical (unpaired) electrons. The minimum Gasteiger partial charge on any atom is -0.466 e. The highest BCUT2D eigenvalue weighted by molar-refractivity contribution is 6.08. The molecule has 1 aromatic carbocycles. The van der Waals surface area contributed by atoms with Crippen molar-refractivity contribution in [3.63, 3.8) is 0 Å². The van der Waals surface area contributed by atoms with Gasteiger partial charge in [-0.25, -0.2) is 9.59 Å². The number of β-amino-alcohol motifs (C(OH)–C–C–N with tert-alkyl or cyclic N) is 1. The van der Waals surface area contributed by atoms with E-state index in [1.807, 2.05) is 32.9 Å². The third-order valence-electron chi connectivity index (χ3n) is 5.14. The normalized spacial score (nSPS) is 16.4. The van der Waals surface area contributed by atoms with Crippen molar-refractivity contribution < 1.29 is 29.0 Å². The molecule has 0 saturated carbocycles. The molecule has 2 aliphatic rings. The zero-order valence-corrected chi connectivity index (χ0v) is 18.4. The second-order valence-corrected chi connectivity index (χ2v) is 8.52. The van der Waals surface area contributed by atoms with E-state index in [4.69, 9.17) is 9.47 Å². The quantitative estimate of drug-likeness (QED) is 0.683. The Morgan fingerprint density at radius 3 is 2.61 bits per heavy atom. The number of rotatable bonds is 5. The lowest BCUT2D eigenvalue weighted by molar-refractivity contribution is -0.136. The highest BCUT2D eigenvalue weighted by atomic mass is 16.6. The molecule has 1 aromatic rings. The monoisotopic (exact) mass is 431 g/mol. The second-order valence-electron chi connectivity index (χ2n) is 8.52. The number of nitrogens with zero attached hydrogens (tertiary/aromatic N) is 2. The fraction of sp³-hybridized carbons (Fsp3) is 0.500. The van der Waals surface area contributed by atoms with Crippen LogP contribution >= 0.6 is 0 Å². The fourth-order valence-corrected chi connectivity index (χ4v) is 3.66. The van der Waals surface area contributed by atoms with Crippen molar-refractivity contribution in [2.75, 3.05) is 38.7 Å². The van der Waals surface area contributed by atoms with Crippen molar-refractivity contribution in [3.05, 3.63) is 40.6 Å². The van der Waals surface area contributed by atoms with Crippen molar-refractivity contribution in [3.8, 4) is 0 Å². The maximum absolute atomic E-state index is 12.8. The summed E-state index contributed by atoms with van der Waals surface area (Å²) < 4.78 is 10.3. The summed E-state index contributed by atoms with van der Waals surface area (Å²) >= 11 is 0. The highest BCUT2D eigenvalue weighted by Gasteiger charge is 2.35. The zero-order valence-electron chi connectivity index (χ0n) is 18.4. The minimum absolute atomic E-state index is 0.0630. The second kappa shape index (κ2) is 8.97. The van der Waals surface area contributed by atoms with E-state index in [0.717, 1.165) is 11.1 Å².